The zero-order valence-corrected chi connectivity index (χ0v) is 8.64. The molecule has 0 atom stereocenters. The summed E-state index contributed by atoms with van der Waals surface area (Å²) in [6.45, 7) is 1.25. The fourth-order valence-corrected chi connectivity index (χ4v) is 1.14. The van der Waals surface area contributed by atoms with E-state index in [2.05, 4.69) is 15.9 Å². The Bertz CT molecular complexity index is 336. The Hall–Kier alpha value is -0.960. The zero-order chi connectivity index (χ0) is 9.84. The molecule has 0 N–H and O–H groups in total. The highest BCUT2D eigenvalue weighted by Crippen LogP contribution is 2.11. The monoisotopic (exact) mass is 242 g/mol. The molecular weight excluding hydrogens is 235 g/mol. The average molecular weight is 243 g/mol. The molecule has 1 nitrogen and oxygen atoms in total. The molecule has 3 heteroatoms. The van der Waals surface area contributed by atoms with Crippen molar-refractivity contribution >= 4 is 21.7 Å². The van der Waals surface area contributed by atoms with Gasteiger partial charge in [-0.25, -0.2) is 4.39 Å². The van der Waals surface area contributed by atoms with Crippen LogP contribution in [-0.2, 0) is 0 Å². The summed E-state index contributed by atoms with van der Waals surface area (Å²) in [5.41, 5.74) is 0.486. The molecule has 1 aromatic rings. The number of halogens is 2. The van der Waals surface area contributed by atoms with Crippen molar-refractivity contribution in [3.05, 3.63) is 46.2 Å². The van der Waals surface area contributed by atoms with E-state index in [4.69, 9.17) is 0 Å². The van der Waals surface area contributed by atoms with Crippen molar-refractivity contribution in [3.8, 4) is 0 Å². The van der Waals surface area contributed by atoms with E-state index >= 15 is 0 Å². The van der Waals surface area contributed by atoms with Gasteiger partial charge in [-0.1, -0.05) is 15.9 Å². The zero-order valence-electron chi connectivity index (χ0n) is 7.05. The standard InChI is InChI=1S/C10H8BrFO/c1-7(12)6-10(13)8-2-4-9(11)5-3-8/h2-6H,1H3/b7-6-. The van der Waals surface area contributed by atoms with Gasteiger partial charge in [-0.2, -0.15) is 0 Å². The van der Waals surface area contributed by atoms with E-state index in [9.17, 15) is 9.18 Å². The average Bonchev–Trinajstić information content (AvgIpc) is 2.04. The highest BCUT2D eigenvalue weighted by molar-refractivity contribution is 9.10. The van der Waals surface area contributed by atoms with Gasteiger partial charge in [0, 0.05) is 16.1 Å². The minimum absolute atomic E-state index is 0.312. The van der Waals surface area contributed by atoms with Crippen LogP contribution in [0.15, 0.2) is 40.6 Å². The summed E-state index contributed by atoms with van der Waals surface area (Å²) in [5, 5.41) is 0. The van der Waals surface area contributed by atoms with Crippen LogP contribution in [-0.4, -0.2) is 5.78 Å². The predicted octanol–water partition coefficient (Wildman–Crippen LogP) is 3.51. The number of ketones is 1. The number of allylic oxidation sites excluding steroid dienone is 2. The second-order valence-electron chi connectivity index (χ2n) is 2.60. The highest BCUT2D eigenvalue weighted by Gasteiger charge is 2.01. The van der Waals surface area contributed by atoms with Crippen LogP contribution in [0.25, 0.3) is 0 Å². The molecular formula is C10H8BrFO. The van der Waals surface area contributed by atoms with E-state index in [0.717, 1.165) is 10.5 Å². The molecule has 1 aromatic carbocycles. The van der Waals surface area contributed by atoms with Crippen molar-refractivity contribution in [1.82, 2.24) is 0 Å². The molecule has 13 heavy (non-hydrogen) atoms. The van der Waals surface area contributed by atoms with Crippen LogP contribution in [0.5, 0.6) is 0 Å². The molecule has 0 radical (unpaired) electrons. The third kappa shape index (κ3) is 3.11. The maximum absolute atomic E-state index is 12.3. The molecule has 0 amide bonds. The van der Waals surface area contributed by atoms with Crippen molar-refractivity contribution in [1.29, 1.82) is 0 Å². The number of benzene rings is 1. The number of hydrogen-bond acceptors (Lipinski definition) is 1. The number of carbonyl (C=O) groups is 1. The molecule has 0 saturated heterocycles. The molecule has 0 spiro atoms. The minimum atomic E-state index is -0.479. The fraction of sp³-hybridized carbons (Fsp3) is 0.100. The summed E-state index contributed by atoms with van der Waals surface area (Å²) in [6, 6.07) is 6.78. The van der Waals surface area contributed by atoms with Gasteiger partial charge >= 0.3 is 0 Å². The van der Waals surface area contributed by atoms with Gasteiger partial charge in [0.25, 0.3) is 0 Å². The van der Waals surface area contributed by atoms with Gasteiger partial charge in [0.1, 0.15) is 5.83 Å². The van der Waals surface area contributed by atoms with Gasteiger partial charge in [-0.05, 0) is 31.2 Å². The van der Waals surface area contributed by atoms with E-state index in [0.29, 0.717) is 5.56 Å². The molecule has 0 bridgehead atoms. The van der Waals surface area contributed by atoms with Crippen molar-refractivity contribution in [2.75, 3.05) is 0 Å². The minimum Gasteiger partial charge on any atom is -0.289 e. The summed E-state index contributed by atoms with van der Waals surface area (Å²) < 4.78 is 13.2. The lowest BCUT2D eigenvalue weighted by molar-refractivity contribution is 0.104. The van der Waals surface area contributed by atoms with Crippen LogP contribution in [0.2, 0.25) is 0 Å². The topological polar surface area (TPSA) is 17.1 Å². The predicted molar refractivity (Wildman–Crippen MR) is 53.3 cm³/mol. The Morgan fingerprint density at radius 1 is 1.38 bits per heavy atom. The van der Waals surface area contributed by atoms with Crippen LogP contribution in [0, 0.1) is 0 Å². The summed E-state index contributed by atoms with van der Waals surface area (Å²) >= 11 is 3.24. The first-order valence-corrected chi connectivity index (χ1v) is 4.52. The molecule has 0 unspecified atom stereocenters. The van der Waals surface area contributed by atoms with Crippen LogP contribution < -0.4 is 0 Å². The van der Waals surface area contributed by atoms with Gasteiger partial charge in [0.05, 0.1) is 0 Å². The Kier molecular flexibility index (Phi) is 3.37. The first kappa shape index (κ1) is 10.1. The van der Waals surface area contributed by atoms with E-state index < -0.39 is 5.83 Å². The van der Waals surface area contributed by atoms with Gasteiger partial charge in [-0.15, -0.1) is 0 Å². The van der Waals surface area contributed by atoms with Gasteiger partial charge in [0.2, 0.25) is 0 Å². The van der Waals surface area contributed by atoms with Crippen LogP contribution in [0.1, 0.15) is 17.3 Å². The smallest absolute Gasteiger partial charge is 0.188 e. The SMILES string of the molecule is C/C(F)=C/C(=O)c1ccc(Br)cc1. The Labute approximate surface area is 84.4 Å². The Balaban J connectivity index is 2.90. The summed E-state index contributed by atoms with van der Waals surface area (Å²) in [7, 11) is 0. The third-order valence-corrected chi connectivity index (χ3v) is 1.99. The quantitative estimate of drug-likeness (QED) is 0.573. The maximum atomic E-state index is 12.3. The van der Waals surface area contributed by atoms with Gasteiger partial charge in [-0.3, -0.25) is 4.79 Å². The first-order valence-electron chi connectivity index (χ1n) is 3.73. The van der Waals surface area contributed by atoms with Crippen LogP contribution in [0.4, 0.5) is 4.39 Å². The maximum Gasteiger partial charge on any atom is 0.188 e. The molecule has 0 fully saturated rings. The van der Waals surface area contributed by atoms with Crippen LogP contribution >= 0.6 is 15.9 Å². The normalized spacial score (nSPS) is 11.5. The van der Waals surface area contributed by atoms with Crippen molar-refractivity contribution in [3.63, 3.8) is 0 Å². The van der Waals surface area contributed by atoms with Gasteiger partial charge in [0.15, 0.2) is 5.78 Å². The molecule has 0 saturated carbocycles. The second kappa shape index (κ2) is 4.33. The lowest BCUT2D eigenvalue weighted by Gasteiger charge is -1.95. The molecule has 1 rings (SSSR count). The summed E-state index contributed by atoms with van der Waals surface area (Å²) in [6.07, 6.45) is 0.975. The van der Waals surface area contributed by atoms with E-state index in [-0.39, 0.29) is 5.78 Å². The lowest BCUT2D eigenvalue weighted by Crippen LogP contribution is -1.93. The fourth-order valence-electron chi connectivity index (χ4n) is 0.878. The number of hydrogen-bond donors (Lipinski definition) is 0. The highest BCUT2D eigenvalue weighted by atomic mass is 79.9. The van der Waals surface area contributed by atoms with Crippen molar-refractivity contribution in [2.45, 2.75) is 6.92 Å². The molecule has 0 aliphatic heterocycles. The van der Waals surface area contributed by atoms with E-state index in [1.165, 1.54) is 6.92 Å². The van der Waals surface area contributed by atoms with Crippen molar-refractivity contribution < 1.29 is 9.18 Å². The molecule has 0 aromatic heterocycles. The molecule has 0 aliphatic carbocycles. The van der Waals surface area contributed by atoms with Crippen molar-refractivity contribution in [2.24, 2.45) is 0 Å². The molecule has 0 heterocycles. The van der Waals surface area contributed by atoms with Gasteiger partial charge < -0.3 is 0 Å². The molecule has 0 aliphatic rings. The third-order valence-electron chi connectivity index (χ3n) is 1.46. The molecule has 68 valence electrons. The summed E-state index contributed by atoms with van der Waals surface area (Å²) in [4.78, 5) is 11.2. The van der Waals surface area contributed by atoms with Crippen LogP contribution in [0.3, 0.4) is 0 Å². The Morgan fingerprint density at radius 3 is 2.38 bits per heavy atom. The second-order valence-corrected chi connectivity index (χ2v) is 3.52. The Morgan fingerprint density at radius 2 is 1.92 bits per heavy atom. The number of rotatable bonds is 2. The van der Waals surface area contributed by atoms with E-state index in [1.807, 2.05) is 0 Å². The largest absolute Gasteiger partial charge is 0.289 e. The first-order chi connectivity index (χ1) is 6.09. The number of carbonyl (C=O) groups excluding carboxylic acids is 1. The lowest BCUT2D eigenvalue weighted by atomic mass is 10.1. The van der Waals surface area contributed by atoms with E-state index in [1.54, 1.807) is 24.3 Å². The summed E-state index contributed by atoms with van der Waals surface area (Å²) in [5.74, 6) is -0.791.